The number of carbonyl (C=O) groups excluding carboxylic acids is 1. The van der Waals surface area contributed by atoms with Crippen molar-refractivity contribution in [1.29, 1.82) is 0 Å². The van der Waals surface area contributed by atoms with Gasteiger partial charge in [-0.05, 0) is 11.6 Å². The maximum atomic E-state index is 12.7. The van der Waals surface area contributed by atoms with Crippen LogP contribution in [0.5, 0.6) is 0 Å². The normalized spacial score (nSPS) is 14.1. The first-order chi connectivity index (χ1) is 12.6. The van der Waals surface area contributed by atoms with E-state index < -0.39 is 0 Å². The summed E-state index contributed by atoms with van der Waals surface area (Å²) < 4.78 is 4.75. The molecule has 0 fully saturated rings. The van der Waals surface area contributed by atoms with Gasteiger partial charge in [-0.1, -0.05) is 30.3 Å². The third kappa shape index (κ3) is 2.94. The number of carbonyl (C=O) groups is 1. The predicted molar refractivity (Wildman–Crippen MR) is 94.8 cm³/mol. The van der Waals surface area contributed by atoms with E-state index in [9.17, 15) is 9.59 Å². The second-order valence-electron chi connectivity index (χ2n) is 6.38. The van der Waals surface area contributed by atoms with Gasteiger partial charge in [-0.25, -0.2) is 9.48 Å². The molecule has 4 rings (SSSR count). The molecule has 0 saturated heterocycles. The first kappa shape index (κ1) is 16.3. The van der Waals surface area contributed by atoms with Crippen molar-refractivity contribution in [2.75, 3.05) is 13.1 Å². The summed E-state index contributed by atoms with van der Waals surface area (Å²) in [5, 5.41) is 8.54. The smallest absolute Gasteiger partial charge is 0.335 e. The predicted octanol–water partition coefficient (Wildman–Crippen LogP) is 0.525. The molecule has 2 aromatic heterocycles. The largest absolute Gasteiger partial charge is 0.346 e. The molecule has 0 saturated carbocycles. The molecule has 26 heavy (non-hydrogen) atoms. The molecule has 0 atom stereocenters. The van der Waals surface area contributed by atoms with Crippen molar-refractivity contribution < 1.29 is 4.79 Å². The van der Waals surface area contributed by atoms with E-state index in [2.05, 4.69) is 10.2 Å². The lowest BCUT2D eigenvalue weighted by Gasteiger charge is -2.19. The quantitative estimate of drug-likeness (QED) is 0.689. The zero-order valence-electron chi connectivity index (χ0n) is 14.6. The minimum atomic E-state index is -0.126. The Bertz CT molecular complexity index is 985. The van der Waals surface area contributed by atoms with Crippen LogP contribution in [0.3, 0.4) is 0 Å². The summed E-state index contributed by atoms with van der Waals surface area (Å²) >= 11 is 0. The van der Waals surface area contributed by atoms with Crippen LogP contribution in [-0.4, -0.2) is 48.0 Å². The van der Waals surface area contributed by atoms with Crippen LogP contribution in [-0.2, 0) is 26.6 Å². The molecule has 1 aromatic carbocycles. The number of benzene rings is 1. The van der Waals surface area contributed by atoms with Gasteiger partial charge in [-0.2, -0.15) is 10.2 Å². The second-order valence-corrected chi connectivity index (χ2v) is 6.38. The summed E-state index contributed by atoms with van der Waals surface area (Å²) in [6, 6.07) is 11.5. The van der Waals surface area contributed by atoms with Crippen molar-refractivity contribution in [3.05, 3.63) is 70.2 Å². The van der Waals surface area contributed by atoms with Crippen LogP contribution in [0.1, 0.15) is 21.9 Å². The van der Waals surface area contributed by atoms with Crippen LogP contribution >= 0.6 is 0 Å². The van der Waals surface area contributed by atoms with Crippen molar-refractivity contribution in [2.45, 2.75) is 19.5 Å². The van der Waals surface area contributed by atoms with Gasteiger partial charge < -0.3 is 4.90 Å². The SMILES string of the molecule is Cn1nccc1C(=O)N1CCc2nn(Cc3ccccc3)c(=O)n2CC1. The highest BCUT2D eigenvalue weighted by atomic mass is 16.2. The van der Waals surface area contributed by atoms with Crippen LogP contribution < -0.4 is 5.69 Å². The molecule has 8 nitrogen and oxygen atoms in total. The molecule has 134 valence electrons. The van der Waals surface area contributed by atoms with Crippen LogP contribution in [0.25, 0.3) is 0 Å². The zero-order chi connectivity index (χ0) is 18.1. The Morgan fingerprint density at radius 2 is 1.92 bits per heavy atom. The molecule has 1 aliphatic rings. The van der Waals surface area contributed by atoms with Gasteiger partial charge in [0.15, 0.2) is 0 Å². The highest BCUT2D eigenvalue weighted by Crippen LogP contribution is 2.10. The maximum absolute atomic E-state index is 12.7. The topological polar surface area (TPSA) is 78.0 Å². The van der Waals surface area contributed by atoms with Crippen molar-refractivity contribution >= 4 is 5.91 Å². The first-order valence-corrected chi connectivity index (χ1v) is 8.61. The van der Waals surface area contributed by atoms with Gasteiger partial charge in [-0.15, -0.1) is 0 Å². The Morgan fingerprint density at radius 1 is 1.12 bits per heavy atom. The maximum Gasteiger partial charge on any atom is 0.346 e. The number of fused-ring (bicyclic) bond motifs is 1. The first-order valence-electron chi connectivity index (χ1n) is 8.61. The van der Waals surface area contributed by atoms with E-state index in [-0.39, 0.29) is 11.6 Å². The summed E-state index contributed by atoms with van der Waals surface area (Å²) in [7, 11) is 1.75. The number of rotatable bonds is 3. The Labute approximate surface area is 150 Å². The number of hydrogen-bond donors (Lipinski definition) is 0. The van der Waals surface area contributed by atoms with Crippen LogP contribution in [0.2, 0.25) is 0 Å². The molecule has 0 unspecified atom stereocenters. The van der Waals surface area contributed by atoms with Gasteiger partial charge in [0.25, 0.3) is 5.91 Å². The van der Waals surface area contributed by atoms with Crippen molar-refractivity contribution in [2.24, 2.45) is 7.05 Å². The lowest BCUT2D eigenvalue weighted by molar-refractivity contribution is 0.0747. The van der Waals surface area contributed by atoms with Gasteiger partial charge >= 0.3 is 5.69 Å². The van der Waals surface area contributed by atoms with Crippen molar-refractivity contribution in [3.63, 3.8) is 0 Å². The second kappa shape index (κ2) is 6.62. The van der Waals surface area contributed by atoms with Crippen LogP contribution in [0.4, 0.5) is 0 Å². The van der Waals surface area contributed by atoms with E-state index in [0.29, 0.717) is 38.3 Å². The van der Waals surface area contributed by atoms with Gasteiger partial charge in [0.1, 0.15) is 11.5 Å². The van der Waals surface area contributed by atoms with Gasteiger partial charge in [-0.3, -0.25) is 14.0 Å². The molecule has 1 aliphatic heterocycles. The fraction of sp³-hybridized carbons (Fsp3) is 0.333. The molecule has 1 amide bonds. The van der Waals surface area contributed by atoms with Gasteiger partial charge in [0, 0.05) is 39.3 Å². The standard InChI is InChI=1S/C18H20N6O2/c1-21-15(7-9-19-21)17(25)22-10-8-16-20-24(18(26)23(16)12-11-22)13-14-5-3-2-4-6-14/h2-7,9H,8,10-13H2,1H3. The fourth-order valence-electron chi connectivity index (χ4n) is 3.27. The molecule has 8 heteroatoms. The number of aryl methyl sites for hydroxylation is 1. The summed E-state index contributed by atoms with van der Waals surface area (Å²) in [5.41, 5.74) is 1.46. The molecule has 0 bridgehead atoms. The minimum Gasteiger partial charge on any atom is -0.335 e. The van der Waals surface area contributed by atoms with Gasteiger partial charge in [0.05, 0.1) is 6.54 Å². The summed E-state index contributed by atoms with van der Waals surface area (Å²) in [6.45, 7) is 1.92. The molecule has 0 aliphatic carbocycles. The monoisotopic (exact) mass is 352 g/mol. The highest BCUT2D eigenvalue weighted by molar-refractivity contribution is 5.92. The Kier molecular flexibility index (Phi) is 4.16. The molecule has 3 heterocycles. The lowest BCUT2D eigenvalue weighted by Crippen LogP contribution is -2.36. The third-order valence-corrected chi connectivity index (χ3v) is 4.70. The van der Waals surface area contributed by atoms with Crippen LogP contribution in [0, 0.1) is 0 Å². The Hall–Kier alpha value is -3.16. The summed E-state index contributed by atoms with van der Waals surface area (Å²) in [4.78, 5) is 27.1. The van der Waals surface area contributed by atoms with E-state index in [4.69, 9.17) is 0 Å². The van der Waals surface area contributed by atoms with E-state index in [1.165, 1.54) is 4.68 Å². The average molecular weight is 352 g/mol. The van der Waals surface area contributed by atoms with E-state index in [1.807, 2.05) is 30.3 Å². The number of hydrogen-bond acceptors (Lipinski definition) is 4. The molecule has 0 N–H and O–H groups in total. The van der Waals surface area contributed by atoms with Crippen molar-refractivity contribution in [1.82, 2.24) is 29.0 Å². The molecular formula is C18H20N6O2. The van der Waals surface area contributed by atoms with E-state index in [1.54, 1.807) is 33.5 Å². The average Bonchev–Trinajstić information content (AvgIpc) is 3.12. The minimum absolute atomic E-state index is 0.0691. The molecular weight excluding hydrogens is 332 g/mol. The van der Waals surface area contributed by atoms with Crippen molar-refractivity contribution in [3.8, 4) is 0 Å². The van der Waals surface area contributed by atoms with E-state index in [0.717, 1.165) is 11.4 Å². The van der Waals surface area contributed by atoms with Crippen LogP contribution in [0.15, 0.2) is 47.4 Å². The molecule has 3 aromatic rings. The summed E-state index contributed by atoms with van der Waals surface area (Å²) in [5.74, 6) is 0.659. The van der Waals surface area contributed by atoms with Gasteiger partial charge in [0.2, 0.25) is 0 Å². The summed E-state index contributed by atoms with van der Waals surface area (Å²) in [6.07, 6.45) is 2.17. The number of aromatic nitrogens is 5. The Morgan fingerprint density at radius 3 is 2.65 bits per heavy atom. The third-order valence-electron chi connectivity index (χ3n) is 4.70. The fourth-order valence-corrected chi connectivity index (χ4v) is 3.27. The van der Waals surface area contributed by atoms with E-state index >= 15 is 0 Å². The number of nitrogens with zero attached hydrogens (tertiary/aromatic N) is 6. The Balaban J connectivity index is 1.52. The lowest BCUT2D eigenvalue weighted by atomic mass is 10.2. The molecule has 0 radical (unpaired) electrons. The highest BCUT2D eigenvalue weighted by Gasteiger charge is 2.24. The molecule has 0 spiro atoms. The number of amides is 1. The zero-order valence-corrected chi connectivity index (χ0v) is 14.6.